The molecule has 3 rings (SSSR count). The summed E-state index contributed by atoms with van der Waals surface area (Å²) in [5, 5.41) is 6.52. The summed E-state index contributed by atoms with van der Waals surface area (Å²) in [6.45, 7) is 3.93. The molecule has 2 aliphatic heterocycles. The van der Waals surface area contributed by atoms with Crippen molar-refractivity contribution >= 4 is 11.6 Å². The Labute approximate surface area is 126 Å². The summed E-state index contributed by atoms with van der Waals surface area (Å²) in [5.74, 6) is 0.120. The molecule has 0 aliphatic carbocycles. The molecule has 2 atom stereocenters. The van der Waals surface area contributed by atoms with E-state index in [2.05, 4.69) is 29.7 Å². The number of carbonyl (C=O) groups excluding carboxylic acids is 1. The third-order valence-corrected chi connectivity index (χ3v) is 4.39. The van der Waals surface area contributed by atoms with Crippen LogP contribution in [0.2, 0.25) is 0 Å². The minimum absolute atomic E-state index is 0.120. The zero-order chi connectivity index (χ0) is 14.7. The van der Waals surface area contributed by atoms with E-state index >= 15 is 0 Å². The SMILES string of the molecule is CCNC(c1ccc2c(c1)CCC(=O)N2)C1CCCCO1. The average molecular weight is 288 g/mol. The maximum absolute atomic E-state index is 11.5. The molecule has 0 saturated carbocycles. The average Bonchev–Trinajstić information content (AvgIpc) is 2.53. The van der Waals surface area contributed by atoms with Gasteiger partial charge in [-0.25, -0.2) is 0 Å². The second kappa shape index (κ2) is 6.58. The quantitative estimate of drug-likeness (QED) is 0.895. The third-order valence-electron chi connectivity index (χ3n) is 4.39. The molecule has 4 heteroatoms. The number of amides is 1. The molecule has 1 aromatic rings. The van der Waals surface area contributed by atoms with Crippen LogP contribution in [0.4, 0.5) is 5.69 Å². The van der Waals surface area contributed by atoms with E-state index < -0.39 is 0 Å². The Bertz CT molecular complexity index is 510. The molecule has 0 spiro atoms. The molecule has 2 N–H and O–H groups in total. The monoisotopic (exact) mass is 288 g/mol. The normalized spacial score (nSPS) is 23.3. The van der Waals surface area contributed by atoms with Gasteiger partial charge in [-0.15, -0.1) is 0 Å². The first-order valence-electron chi connectivity index (χ1n) is 8.05. The van der Waals surface area contributed by atoms with E-state index in [1.165, 1.54) is 24.0 Å². The van der Waals surface area contributed by atoms with Crippen LogP contribution >= 0.6 is 0 Å². The summed E-state index contributed by atoms with van der Waals surface area (Å²) in [5.41, 5.74) is 3.49. The van der Waals surface area contributed by atoms with Gasteiger partial charge in [0.2, 0.25) is 5.91 Å². The maximum atomic E-state index is 11.5. The number of hydrogen-bond donors (Lipinski definition) is 2. The van der Waals surface area contributed by atoms with Crippen LogP contribution < -0.4 is 10.6 Å². The number of hydrogen-bond acceptors (Lipinski definition) is 3. The second-order valence-electron chi connectivity index (χ2n) is 5.91. The minimum atomic E-state index is 0.120. The van der Waals surface area contributed by atoms with Gasteiger partial charge >= 0.3 is 0 Å². The molecule has 21 heavy (non-hydrogen) atoms. The molecule has 114 valence electrons. The number of likely N-dealkylation sites (N-methyl/N-ethyl adjacent to an activating group) is 1. The van der Waals surface area contributed by atoms with E-state index in [4.69, 9.17) is 4.74 Å². The molecule has 1 aromatic carbocycles. The van der Waals surface area contributed by atoms with E-state index in [-0.39, 0.29) is 18.1 Å². The molecule has 2 unspecified atom stereocenters. The molecule has 1 saturated heterocycles. The molecular weight excluding hydrogens is 264 g/mol. The van der Waals surface area contributed by atoms with Crippen LogP contribution in [0.1, 0.15) is 49.8 Å². The van der Waals surface area contributed by atoms with E-state index in [9.17, 15) is 4.79 Å². The molecule has 2 heterocycles. The second-order valence-corrected chi connectivity index (χ2v) is 5.91. The van der Waals surface area contributed by atoms with Crippen LogP contribution in [0.25, 0.3) is 0 Å². The molecule has 2 aliphatic rings. The number of fused-ring (bicyclic) bond motifs is 1. The van der Waals surface area contributed by atoms with Crippen LogP contribution in [-0.2, 0) is 16.0 Å². The van der Waals surface area contributed by atoms with E-state index in [0.717, 1.165) is 31.7 Å². The smallest absolute Gasteiger partial charge is 0.224 e. The first-order valence-corrected chi connectivity index (χ1v) is 8.05. The predicted molar refractivity (Wildman–Crippen MR) is 83.4 cm³/mol. The molecule has 1 fully saturated rings. The van der Waals surface area contributed by atoms with Crippen LogP contribution in [0.3, 0.4) is 0 Å². The van der Waals surface area contributed by atoms with Crippen LogP contribution in [0.15, 0.2) is 18.2 Å². The van der Waals surface area contributed by atoms with Gasteiger partial charge in [0, 0.05) is 18.7 Å². The molecule has 1 amide bonds. The summed E-state index contributed by atoms with van der Waals surface area (Å²) < 4.78 is 5.98. The standard InChI is InChI=1S/C17H24N2O2/c1-2-18-17(15-5-3-4-10-21-15)13-6-8-14-12(11-13)7-9-16(20)19-14/h6,8,11,15,17-18H,2-5,7,9-10H2,1H3,(H,19,20). The lowest BCUT2D eigenvalue weighted by Gasteiger charge is -2.32. The van der Waals surface area contributed by atoms with Crippen molar-refractivity contribution in [3.05, 3.63) is 29.3 Å². The van der Waals surface area contributed by atoms with Crippen LogP contribution in [0.5, 0.6) is 0 Å². The van der Waals surface area contributed by atoms with Gasteiger partial charge in [-0.3, -0.25) is 4.79 Å². The number of ether oxygens (including phenoxy) is 1. The summed E-state index contributed by atoms with van der Waals surface area (Å²) in [7, 11) is 0. The Kier molecular flexibility index (Phi) is 4.56. The van der Waals surface area contributed by atoms with Gasteiger partial charge in [0.25, 0.3) is 0 Å². The highest BCUT2D eigenvalue weighted by Crippen LogP contribution is 2.30. The van der Waals surface area contributed by atoms with Gasteiger partial charge in [0.1, 0.15) is 0 Å². The van der Waals surface area contributed by atoms with Gasteiger partial charge in [0.05, 0.1) is 12.1 Å². The zero-order valence-corrected chi connectivity index (χ0v) is 12.7. The van der Waals surface area contributed by atoms with Crippen molar-refractivity contribution in [1.29, 1.82) is 0 Å². The van der Waals surface area contributed by atoms with Crippen LogP contribution in [0, 0.1) is 0 Å². The highest BCUT2D eigenvalue weighted by molar-refractivity contribution is 5.93. The summed E-state index contributed by atoms with van der Waals surface area (Å²) in [6.07, 6.45) is 5.21. The molecule has 0 radical (unpaired) electrons. The summed E-state index contributed by atoms with van der Waals surface area (Å²) >= 11 is 0. The Hall–Kier alpha value is -1.39. The van der Waals surface area contributed by atoms with Gasteiger partial charge in [-0.1, -0.05) is 19.1 Å². The Morgan fingerprint density at radius 2 is 2.29 bits per heavy atom. The molecule has 0 aromatic heterocycles. The minimum Gasteiger partial charge on any atom is -0.376 e. The number of nitrogens with one attached hydrogen (secondary N) is 2. The van der Waals surface area contributed by atoms with E-state index in [1.807, 2.05) is 6.07 Å². The van der Waals surface area contributed by atoms with Gasteiger partial charge < -0.3 is 15.4 Å². The largest absolute Gasteiger partial charge is 0.376 e. The lowest BCUT2D eigenvalue weighted by atomic mass is 9.92. The zero-order valence-electron chi connectivity index (χ0n) is 12.7. The highest BCUT2D eigenvalue weighted by atomic mass is 16.5. The van der Waals surface area contributed by atoms with E-state index in [1.54, 1.807) is 0 Å². The van der Waals surface area contributed by atoms with Crippen molar-refractivity contribution in [2.75, 3.05) is 18.5 Å². The molecule has 0 bridgehead atoms. The number of rotatable bonds is 4. The Balaban J connectivity index is 1.83. The fourth-order valence-corrected chi connectivity index (χ4v) is 3.31. The van der Waals surface area contributed by atoms with E-state index in [0.29, 0.717) is 6.42 Å². The number of benzene rings is 1. The van der Waals surface area contributed by atoms with Gasteiger partial charge in [-0.2, -0.15) is 0 Å². The first-order chi connectivity index (χ1) is 10.3. The van der Waals surface area contributed by atoms with Crippen molar-refractivity contribution in [2.45, 2.75) is 51.2 Å². The summed E-state index contributed by atoms with van der Waals surface area (Å²) in [6, 6.07) is 6.64. The van der Waals surface area contributed by atoms with Crippen molar-refractivity contribution in [3.8, 4) is 0 Å². The summed E-state index contributed by atoms with van der Waals surface area (Å²) in [4.78, 5) is 11.5. The van der Waals surface area contributed by atoms with Crippen molar-refractivity contribution < 1.29 is 9.53 Å². The maximum Gasteiger partial charge on any atom is 0.224 e. The highest BCUT2D eigenvalue weighted by Gasteiger charge is 2.26. The number of aryl methyl sites for hydroxylation is 1. The third kappa shape index (κ3) is 3.27. The van der Waals surface area contributed by atoms with Crippen molar-refractivity contribution in [3.63, 3.8) is 0 Å². The van der Waals surface area contributed by atoms with Crippen molar-refractivity contribution in [1.82, 2.24) is 5.32 Å². The predicted octanol–water partition coefficient (Wildman–Crippen LogP) is 2.79. The number of anilines is 1. The lowest BCUT2D eigenvalue weighted by molar-refractivity contribution is -0.116. The fraction of sp³-hybridized carbons (Fsp3) is 0.588. The topological polar surface area (TPSA) is 50.4 Å². The van der Waals surface area contributed by atoms with Gasteiger partial charge in [0.15, 0.2) is 0 Å². The Morgan fingerprint density at radius 3 is 3.05 bits per heavy atom. The van der Waals surface area contributed by atoms with Gasteiger partial charge in [-0.05, 0) is 49.4 Å². The van der Waals surface area contributed by atoms with Crippen molar-refractivity contribution in [2.24, 2.45) is 0 Å². The Morgan fingerprint density at radius 1 is 1.38 bits per heavy atom. The molecule has 4 nitrogen and oxygen atoms in total. The number of carbonyl (C=O) groups is 1. The van der Waals surface area contributed by atoms with Crippen LogP contribution in [-0.4, -0.2) is 25.2 Å². The fourth-order valence-electron chi connectivity index (χ4n) is 3.31. The molecular formula is C17H24N2O2. The first kappa shape index (κ1) is 14.5. The lowest BCUT2D eigenvalue weighted by Crippen LogP contribution is -2.36.